The number of rotatable bonds is 5. The van der Waals surface area contributed by atoms with E-state index in [1.54, 1.807) is 0 Å². The first-order valence-corrected chi connectivity index (χ1v) is 9.44. The molecule has 3 nitrogen and oxygen atoms in total. The Kier molecular flexibility index (Phi) is 5.64. The second-order valence-electron chi connectivity index (χ2n) is 5.19. The molecule has 124 valence electrons. The van der Waals surface area contributed by atoms with E-state index in [9.17, 15) is 5.26 Å². The molecule has 1 aromatic heterocycles. The average Bonchev–Trinajstić information content (AvgIpc) is 3.11. The summed E-state index contributed by atoms with van der Waals surface area (Å²) in [7, 11) is 0. The molecule has 0 fully saturated rings. The fraction of sp³-hybridized carbons (Fsp3) is 0.100. The number of benzene rings is 2. The van der Waals surface area contributed by atoms with Gasteiger partial charge in [0, 0.05) is 21.0 Å². The third-order valence-electron chi connectivity index (χ3n) is 3.51. The Labute approximate surface area is 159 Å². The largest absolute Gasteiger partial charge is 0.493 e. The van der Waals surface area contributed by atoms with Crippen LogP contribution < -0.4 is 4.74 Å². The zero-order valence-corrected chi connectivity index (χ0v) is 16.0. The van der Waals surface area contributed by atoms with Gasteiger partial charge in [-0.3, -0.25) is 0 Å². The second kappa shape index (κ2) is 8.11. The van der Waals surface area contributed by atoms with Gasteiger partial charge in [0.2, 0.25) is 0 Å². The molecule has 0 spiro atoms. The van der Waals surface area contributed by atoms with Gasteiger partial charge in [0.1, 0.15) is 16.8 Å². The summed E-state index contributed by atoms with van der Waals surface area (Å²) < 4.78 is 6.65. The molecule has 3 aromatic rings. The molecule has 3 rings (SSSR count). The number of thiazole rings is 1. The molecule has 0 amide bonds. The van der Waals surface area contributed by atoms with Crippen LogP contribution in [0.5, 0.6) is 5.75 Å². The van der Waals surface area contributed by atoms with Gasteiger partial charge in [0.05, 0.1) is 17.9 Å². The number of nitrogens with zero attached hydrogens (tertiary/aromatic N) is 2. The van der Waals surface area contributed by atoms with Crippen LogP contribution in [0.25, 0.3) is 22.9 Å². The van der Waals surface area contributed by atoms with Crippen LogP contribution in [-0.4, -0.2) is 11.6 Å². The maximum absolute atomic E-state index is 9.58. The first-order valence-electron chi connectivity index (χ1n) is 7.76. The second-order valence-corrected chi connectivity index (χ2v) is 6.96. The average molecular weight is 411 g/mol. The van der Waals surface area contributed by atoms with E-state index in [1.807, 2.05) is 66.9 Å². The molecular weight excluding hydrogens is 396 g/mol. The summed E-state index contributed by atoms with van der Waals surface area (Å²) >= 11 is 4.90. The minimum Gasteiger partial charge on any atom is -0.493 e. The number of para-hydroxylation sites is 1. The molecule has 0 unspecified atom stereocenters. The van der Waals surface area contributed by atoms with Crippen molar-refractivity contribution < 1.29 is 4.74 Å². The maximum atomic E-state index is 9.58. The Morgan fingerprint density at radius 2 is 2.00 bits per heavy atom. The van der Waals surface area contributed by atoms with E-state index in [4.69, 9.17) is 4.74 Å². The number of ether oxygens (including phenoxy) is 1. The van der Waals surface area contributed by atoms with Crippen LogP contribution in [0, 0.1) is 11.3 Å². The molecule has 0 radical (unpaired) electrons. The standard InChI is InChI=1S/C20H15BrN2OS/c1-2-24-19-6-4-3-5-15(19)11-16(12-22)20-23-18(13-25-20)14-7-9-17(21)10-8-14/h3-11,13H,2H2,1H3/b16-11-. The summed E-state index contributed by atoms with van der Waals surface area (Å²) in [4.78, 5) is 4.62. The molecular formula is C20H15BrN2OS. The summed E-state index contributed by atoms with van der Waals surface area (Å²) in [5.41, 5.74) is 3.30. The van der Waals surface area contributed by atoms with E-state index in [2.05, 4.69) is 27.0 Å². The number of aromatic nitrogens is 1. The lowest BCUT2D eigenvalue weighted by Gasteiger charge is -2.06. The van der Waals surface area contributed by atoms with Crippen molar-refractivity contribution in [2.24, 2.45) is 0 Å². The van der Waals surface area contributed by atoms with Crippen molar-refractivity contribution in [3.8, 4) is 23.1 Å². The number of nitriles is 1. The van der Waals surface area contributed by atoms with E-state index >= 15 is 0 Å². The van der Waals surface area contributed by atoms with Gasteiger partial charge in [-0.15, -0.1) is 11.3 Å². The predicted octanol–water partition coefficient (Wildman–Crippen LogP) is 6.04. The summed E-state index contributed by atoms with van der Waals surface area (Å²) in [5, 5.41) is 12.3. The molecule has 2 aromatic carbocycles. The van der Waals surface area contributed by atoms with Crippen molar-refractivity contribution >= 4 is 38.9 Å². The highest BCUT2D eigenvalue weighted by Gasteiger charge is 2.10. The van der Waals surface area contributed by atoms with Gasteiger partial charge < -0.3 is 4.74 Å². The first-order chi connectivity index (χ1) is 12.2. The summed E-state index contributed by atoms with van der Waals surface area (Å²) in [6, 6.07) is 17.9. The smallest absolute Gasteiger partial charge is 0.134 e. The maximum Gasteiger partial charge on any atom is 0.134 e. The van der Waals surface area contributed by atoms with Crippen molar-refractivity contribution in [3.63, 3.8) is 0 Å². The van der Waals surface area contributed by atoms with Gasteiger partial charge >= 0.3 is 0 Å². The lowest BCUT2D eigenvalue weighted by Crippen LogP contribution is -1.93. The van der Waals surface area contributed by atoms with Crippen LogP contribution >= 0.6 is 27.3 Å². The quantitative estimate of drug-likeness (QED) is 0.481. The minimum absolute atomic E-state index is 0.528. The van der Waals surface area contributed by atoms with Crippen molar-refractivity contribution in [1.29, 1.82) is 5.26 Å². The molecule has 0 saturated carbocycles. The number of halogens is 1. The highest BCUT2D eigenvalue weighted by molar-refractivity contribution is 9.10. The molecule has 1 heterocycles. The number of allylic oxidation sites excluding steroid dienone is 1. The first kappa shape index (κ1) is 17.4. The van der Waals surface area contributed by atoms with Gasteiger partial charge in [-0.1, -0.05) is 46.3 Å². The molecule has 25 heavy (non-hydrogen) atoms. The highest BCUT2D eigenvalue weighted by atomic mass is 79.9. The van der Waals surface area contributed by atoms with Crippen molar-refractivity contribution in [1.82, 2.24) is 4.98 Å². The van der Waals surface area contributed by atoms with Crippen LogP contribution in [-0.2, 0) is 0 Å². The third-order valence-corrected chi connectivity index (χ3v) is 4.92. The molecule has 0 aliphatic heterocycles. The molecule has 0 aliphatic rings. The molecule has 0 N–H and O–H groups in total. The van der Waals surface area contributed by atoms with E-state index in [0.29, 0.717) is 17.2 Å². The Morgan fingerprint density at radius 3 is 2.72 bits per heavy atom. The normalized spacial score (nSPS) is 11.2. The van der Waals surface area contributed by atoms with Crippen LogP contribution in [0.15, 0.2) is 58.4 Å². The molecule has 5 heteroatoms. The number of hydrogen-bond donors (Lipinski definition) is 0. The van der Waals surface area contributed by atoms with E-state index < -0.39 is 0 Å². The van der Waals surface area contributed by atoms with E-state index in [0.717, 1.165) is 27.0 Å². The minimum atomic E-state index is 0.528. The van der Waals surface area contributed by atoms with Crippen LogP contribution in [0.1, 0.15) is 17.5 Å². The Bertz CT molecular complexity index is 939. The zero-order chi connectivity index (χ0) is 17.6. The molecule has 0 atom stereocenters. The summed E-state index contributed by atoms with van der Waals surface area (Å²) in [6.07, 6.45) is 1.83. The fourth-order valence-electron chi connectivity index (χ4n) is 2.33. The van der Waals surface area contributed by atoms with Crippen LogP contribution in [0.3, 0.4) is 0 Å². The van der Waals surface area contributed by atoms with E-state index in [1.165, 1.54) is 11.3 Å². The molecule has 0 aliphatic carbocycles. The Balaban J connectivity index is 1.95. The molecule has 0 bridgehead atoms. The van der Waals surface area contributed by atoms with Crippen LogP contribution in [0.4, 0.5) is 0 Å². The van der Waals surface area contributed by atoms with Crippen molar-refractivity contribution in [2.45, 2.75) is 6.92 Å². The zero-order valence-electron chi connectivity index (χ0n) is 13.6. The van der Waals surface area contributed by atoms with Gasteiger partial charge in [0.15, 0.2) is 0 Å². The van der Waals surface area contributed by atoms with Gasteiger partial charge in [-0.25, -0.2) is 4.98 Å². The summed E-state index contributed by atoms with van der Waals surface area (Å²) in [5.74, 6) is 0.766. The topological polar surface area (TPSA) is 45.9 Å². The Hall–Kier alpha value is -2.42. The Morgan fingerprint density at radius 1 is 1.24 bits per heavy atom. The lowest BCUT2D eigenvalue weighted by molar-refractivity contribution is 0.339. The lowest BCUT2D eigenvalue weighted by atomic mass is 10.1. The number of hydrogen-bond acceptors (Lipinski definition) is 4. The van der Waals surface area contributed by atoms with Gasteiger partial charge in [-0.2, -0.15) is 5.26 Å². The van der Waals surface area contributed by atoms with Gasteiger partial charge in [-0.05, 0) is 31.2 Å². The van der Waals surface area contributed by atoms with E-state index in [-0.39, 0.29) is 0 Å². The third kappa shape index (κ3) is 4.16. The van der Waals surface area contributed by atoms with Crippen molar-refractivity contribution in [3.05, 3.63) is 69.0 Å². The monoisotopic (exact) mass is 410 g/mol. The highest BCUT2D eigenvalue weighted by Crippen LogP contribution is 2.29. The fourth-order valence-corrected chi connectivity index (χ4v) is 3.39. The SMILES string of the molecule is CCOc1ccccc1/C=C(/C#N)c1nc(-c2ccc(Br)cc2)cs1. The molecule has 0 saturated heterocycles. The van der Waals surface area contributed by atoms with Crippen molar-refractivity contribution in [2.75, 3.05) is 6.61 Å². The van der Waals surface area contributed by atoms with Gasteiger partial charge in [0.25, 0.3) is 0 Å². The summed E-state index contributed by atoms with van der Waals surface area (Å²) in [6.45, 7) is 2.52. The predicted molar refractivity (Wildman–Crippen MR) is 106 cm³/mol. The van der Waals surface area contributed by atoms with Crippen LogP contribution in [0.2, 0.25) is 0 Å².